The van der Waals surface area contributed by atoms with E-state index in [1.54, 1.807) is 12.1 Å². The number of benzene rings is 3. The second-order valence-corrected chi connectivity index (χ2v) is 9.83. The van der Waals surface area contributed by atoms with Crippen LogP contribution >= 0.6 is 0 Å². The van der Waals surface area contributed by atoms with E-state index < -0.39 is 15.9 Å². The molecule has 0 bridgehead atoms. The van der Waals surface area contributed by atoms with Crippen LogP contribution in [-0.4, -0.2) is 33.3 Å². The van der Waals surface area contributed by atoms with Gasteiger partial charge in [0.1, 0.15) is 18.9 Å². The Morgan fingerprint density at radius 1 is 0.971 bits per heavy atom. The molecule has 0 aliphatic heterocycles. The second-order valence-electron chi connectivity index (χ2n) is 7.93. The van der Waals surface area contributed by atoms with Crippen molar-refractivity contribution in [2.24, 2.45) is 5.10 Å². The maximum atomic E-state index is 12.3. The van der Waals surface area contributed by atoms with Crippen LogP contribution < -0.4 is 14.5 Å². The lowest BCUT2D eigenvalue weighted by Crippen LogP contribution is -2.39. The molecule has 1 N–H and O–H groups in total. The Balaban J connectivity index is 1.54. The Bertz CT molecular complexity index is 1220. The van der Waals surface area contributed by atoms with Crippen molar-refractivity contribution in [3.8, 4) is 5.75 Å². The van der Waals surface area contributed by atoms with Gasteiger partial charge in [-0.3, -0.25) is 9.10 Å². The first-order valence-electron chi connectivity index (χ1n) is 10.9. The molecule has 0 aromatic heterocycles. The summed E-state index contributed by atoms with van der Waals surface area (Å²) in [7, 11) is -3.64. The number of anilines is 1. The molecule has 178 valence electrons. The summed E-state index contributed by atoms with van der Waals surface area (Å²) in [6.07, 6.45) is 3.40. The maximum Gasteiger partial charge on any atom is 0.260 e. The standard InChI is InChI=1S/C26H29N3O4S/c1-4-21-9-13-24(14-10-21)29(34(3,31)32)18-26(30)28-27-17-22-11-15-25(16-12-22)33-19-23-7-5-20(2)6-8-23/h5-17H,4,18-19H2,1-3H3,(H,28,30)/b27-17-. The quantitative estimate of drug-likeness (QED) is 0.351. The number of sulfonamides is 1. The summed E-state index contributed by atoms with van der Waals surface area (Å²) in [6.45, 7) is 4.16. The number of rotatable bonds is 10. The normalized spacial score (nSPS) is 11.4. The summed E-state index contributed by atoms with van der Waals surface area (Å²) in [4.78, 5) is 12.3. The highest BCUT2D eigenvalue weighted by Gasteiger charge is 2.20. The van der Waals surface area contributed by atoms with Crippen molar-refractivity contribution in [2.75, 3.05) is 17.1 Å². The van der Waals surface area contributed by atoms with Crippen LogP contribution in [0.25, 0.3) is 0 Å². The van der Waals surface area contributed by atoms with E-state index in [0.717, 1.165) is 39.4 Å². The Labute approximate surface area is 201 Å². The number of hydrogen-bond acceptors (Lipinski definition) is 5. The molecule has 1 amide bonds. The maximum absolute atomic E-state index is 12.3. The lowest BCUT2D eigenvalue weighted by atomic mass is 10.1. The van der Waals surface area contributed by atoms with Gasteiger partial charge < -0.3 is 4.74 Å². The Morgan fingerprint density at radius 3 is 2.18 bits per heavy atom. The van der Waals surface area contributed by atoms with Crippen molar-refractivity contribution < 1.29 is 17.9 Å². The van der Waals surface area contributed by atoms with Gasteiger partial charge >= 0.3 is 0 Å². The highest BCUT2D eigenvalue weighted by molar-refractivity contribution is 7.92. The second kappa shape index (κ2) is 11.5. The van der Waals surface area contributed by atoms with Crippen LogP contribution in [0.15, 0.2) is 77.9 Å². The number of nitrogens with one attached hydrogen (secondary N) is 1. The third-order valence-corrected chi connectivity index (χ3v) is 6.27. The lowest BCUT2D eigenvalue weighted by molar-refractivity contribution is -0.119. The van der Waals surface area contributed by atoms with Crippen LogP contribution in [0.5, 0.6) is 5.75 Å². The van der Waals surface area contributed by atoms with Gasteiger partial charge in [-0.15, -0.1) is 0 Å². The van der Waals surface area contributed by atoms with Gasteiger partial charge in [0.25, 0.3) is 5.91 Å². The van der Waals surface area contributed by atoms with Crippen LogP contribution in [0.3, 0.4) is 0 Å². The van der Waals surface area contributed by atoms with Crippen LogP contribution in [0.4, 0.5) is 5.69 Å². The molecule has 0 unspecified atom stereocenters. The summed E-state index contributed by atoms with van der Waals surface area (Å²) in [5, 5.41) is 3.94. The van der Waals surface area contributed by atoms with Crippen LogP contribution in [0.2, 0.25) is 0 Å². The molecule has 0 heterocycles. The smallest absolute Gasteiger partial charge is 0.260 e. The number of aryl methyl sites for hydroxylation is 2. The van der Waals surface area contributed by atoms with Gasteiger partial charge in [0.05, 0.1) is 18.2 Å². The zero-order valence-electron chi connectivity index (χ0n) is 19.6. The average Bonchev–Trinajstić information content (AvgIpc) is 2.82. The number of nitrogens with zero attached hydrogens (tertiary/aromatic N) is 2. The Kier molecular flexibility index (Phi) is 8.43. The first-order valence-corrected chi connectivity index (χ1v) is 12.8. The summed E-state index contributed by atoms with van der Waals surface area (Å²) in [6, 6.07) is 22.5. The topological polar surface area (TPSA) is 88.1 Å². The Morgan fingerprint density at radius 2 is 1.59 bits per heavy atom. The molecule has 0 fully saturated rings. The summed E-state index contributed by atoms with van der Waals surface area (Å²) in [5.74, 6) is 0.180. The van der Waals surface area contributed by atoms with Gasteiger partial charge in [0.2, 0.25) is 10.0 Å². The number of ether oxygens (including phenoxy) is 1. The molecule has 0 atom stereocenters. The fourth-order valence-corrected chi connectivity index (χ4v) is 4.00. The van der Waals surface area contributed by atoms with Crippen LogP contribution in [0, 0.1) is 6.92 Å². The van der Waals surface area contributed by atoms with Crippen molar-refractivity contribution in [1.29, 1.82) is 0 Å². The van der Waals surface area contributed by atoms with E-state index >= 15 is 0 Å². The fourth-order valence-electron chi connectivity index (χ4n) is 3.14. The van der Waals surface area contributed by atoms with E-state index in [-0.39, 0.29) is 6.54 Å². The third-order valence-electron chi connectivity index (χ3n) is 5.13. The molecular weight excluding hydrogens is 450 g/mol. The zero-order valence-corrected chi connectivity index (χ0v) is 20.4. The molecule has 0 spiro atoms. The van der Waals surface area contributed by atoms with E-state index in [1.807, 2.05) is 74.5 Å². The van der Waals surface area contributed by atoms with Gasteiger partial charge in [-0.05, 0) is 66.4 Å². The van der Waals surface area contributed by atoms with E-state index in [2.05, 4.69) is 10.5 Å². The molecule has 3 rings (SSSR count). The predicted molar refractivity (Wildman–Crippen MR) is 136 cm³/mol. The molecule has 0 saturated carbocycles. The predicted octanol–water partition coefficient (Wildman–Crippen LogP) is 4.05. The van der Waals surface area contributed by atoms with Crippen molar-refractivity contribution in [3.05, 3.63) is 95.1 Å². The monoisotopic (exact) mass is 479 g/mol. The Hall–Kier alpha value is -3.65. The van der Waals surface area contributed by atoms with Crippen LogP contribution in [0.1, 0.15) is 29.2 Å². The number of carbonyl (C=O) groups excluding carboxylic acids is 1. The molecule has 7 nitrogen and oxygen atoms in total. The fraction of sp³-hybridized carbons (Fsp3) is 0.231. The van der Waals surface area contributed by atoms with E-state index in [0.29, 0.717) is 12.3 Å². The molecule has 34 heavy (non-hydrogen) atoms. The first kappa shape index (κ1) is 25.0. The van der Waals surface area contributed by atoms with Crippen molar-refractivity contribution in [1.82, 2.24) is 5.43 Å². The van der Waals surface area contributed by atoms with Crippen molar-refractivity contribution in [2.45, 2.75) is 26.9 Å². The van der Waals surface area contributed by atoms with Crippen LogP contribution in [-0.2, 0) is 27.8 Å². The molecule has 0 saturated heterocycles. The van der Waals surface area contributed by atoms with Gasteiger partial charge in [-0.2, -0.15) is 5.10 Å². The number of carbonyl (C=O) groups is 1. The van der Waals surface area contributed by atoms with E-state index in [4.69, 9.17) is 4.74 Å². The van der Waals surface area contributed by atoms with Crippen molar-refractivity contribution >= 4 is 27.8 Å². The molecule has 3 aromatic rings. The third kappa shape index (κ3) is 7.45. The minimum absolute atomic E-state index is 0.368. The van der Waals surface area contributed by atoms with E-state index in [9.17, 15) is 13.2 Å². The first-order chi connectivity index (χ1) is 16.2. The number of hydrogen-bond donors (Lipinski definition) is 1. The molecule has 0 aliphatic carbocycles. The summed E-state index contributed by atoms with van der Waals surface area (Å²) in [5.41, 5.74) is 6.95. The SMILES string of the molecule is CCc1ccc(N(CC(=O)N/N=C\c2ccc(OCc3ccc(C)cc3)cc2)S(C)(=O)=O)cc1. The van der Waals surface area contributed by atoms with Gasteiger partial charge in [-0.25, -0.2) is 13.8 Å². The highest BCUT2D eigenvalue weighted by Crippen LogP contribution is 2.18. The minimum Gasteiger partial charge on any atom is -0.489 e. The highest BCUT2D eigenvalue weighted by atomic mass is 32.2. The van der Waals surface area contributed by atoms with Gasteiger partial charge in [-0.1, -0.05) is 48.9 Å². The largest absolute Gasteiger partial charge is 0.489 e. The summed E-state index contributed by atoms with van der Waals surface area (Å²) < 4.78 is 31.2. The molecule has 0 radical (unpaired) electrons. The molecule has 0 aliphatic rings. The molecule has 8 heteroatoms. The summed E-state index contributed by atoms with van der Waals surface area (Å²) >= 11 is 0. The van der Waals surface area contributed by atoms with Gasteiger partial charge in [0, 0.05) is 0 Å². The molecular formula is C26H29N3O4S. The molecule has 3 aromatic carbocycles. The van der Waals surface area contributed by atoms with Crippen molar-refractivity contribution in [3.63, 3.8) is 0 Å². The number of amides is 1. The zero-order chi connectivity index (χ0) is 24.6. The average molecular weight is 480 g/mol. The number of hydrazone groups is 1. The van der Waals surface area contributed by atoms with Gasteiger partial charge in [0.15, 0.2) is 0 Å². The minimum atomic E-state index is -3.64. The van der Waals surface area contributed by atoms with E-state index in [1.165, 1.54) is 11.8 Å². The lowest BCUT2D eigenvalue weighted by Gasteiger charge is -2.21.